The molecule has 7 fully saturated rings. The van der Waals surface area contributed by atoms with E-state index < -0.39 is 272 Å². The molecule has 0 aromatic heterocycles. The van der Waals surface area contributed by atoms with E-state index in [0.29, 0.717) is 0 Å². The fourth-order valence-electron chi connectivity index (χ4n) is 11.1. The quantitative estimate of drug-likeness (QED) is 0.0507. The van der Waals surface area contributed by atoms with Crippen LogP contribution in [-0.4, -0.2) is 369 Å². The Labute approximate surface area is 488 Å². The summed E-state index contributed by atoms with van der Waals surface area (Å²) in [5.74, 6) is -2.49. The highest BCUT2D eigenvalue weighted by Crippen LogP contribution is 2.39. The lowest BCUT2D eigenvalue weighted by atomic mass is 9.93. The molecule has 0 aromatic carbocycles. The van der Waals surface area contributed by atoms with E-state index in [0.717, 1.165) is 20.8 Å². The van der Waals surface area contributed by atoms with E-state index in [-0.39, 0.29) is 0 Å². The number of carbonyl (C=O) groups excluding carboxylic acids is 3. The largest absolute Gasteiger partial charge is 0.394 e. The second-order valence-electron chi connectivity index (χ2n) is 21.8. The van der Waals surface area contributed by atoms with Gasteiger partial charge >= 0.3 is 0 Å². The molecule has 7 aliphatic rings. The SMILES string of the molecule is CC(=O)N[C@@H]1[C@@H](O[C@@H]2O[C@H](CO)[C@@H](O[C@@H]3O[C@H](CO)[C@H](O)[C@H](O[C@@H]4O[C@H](CO)[C@@H](O[C@@H]5O[C@H](CO)[C@H](O)[C@H](O[C@H]6O[C@H](CO)[C@H](O)[C@H](O)[C@H]6O)[C@H]5O[C@@H]5O[C@@H](C)[C@@H](O)[C@@H](O)[C@@H]5O)[C@H](O)[C@H]4NC(C)=O)[C@H]3O)[C@H](O)[C@H]2NC(C)=O)[C@@H](O)[C@@H](CO)O[C@@H]1O. The molecule has 86 heavy (non-hydrogen) atoms. The van der Waals surface area contributed by atoms with E-state index >= 15 is 0 Å². The summed E-state index contributed by atoms with van der Waals surface area (Å²) in [5.41, 5.74) is 0. The zero-order chi connectivity index (χ0) is 63.5. The van der Waals surface area contributed by atoms with Crippen LogP contribution in [0.25, 0.3) is 0 Å². The summed E-state index contributed by atoms with van der Waals surface area (Å²) in [4.78, 5) is 37.6. The van der Waals surface area contributed by atoms with Crippen LogP contribution in [0.15, 0.2) is 0 Å². The minimum atomic E-state index is -2.28. The maximum Gasteiger partial charge on any atom is 0.217 e. The van der Waals surface area contributed by atoms with E-state index in [1.54, 1.807) is 0 Å². The monoisotopic (exact) mass is 1260 g/mol. The minimum Gasteiger partial charge on any atom is -0.394 e. The second-order valence-corrected chi connectivity index (χ2v) is 21.8. The predicted octanol–water partition coefficient (Wildman–Crippen LogP) is -14.8. The van der Waals surface area contributed by atoms with Crippen molar-refractivity contribution in [1.29, 1.82) is 0 Å². The van der Waals surface area contributed by atoms with Crippen molar-refractivity contribution < 1.29 is 173 Å². The van der Waals surface area contributed by atoms with Gasteiger partial charge in [-0.25, -0.2) is 0 Å². The number of ether oxygens (including phenoxy) is 13. The Balaban J connectivity index is 1.15. The van der Waals surface area contributed by atoms with Crippen molar-refractivity contribution in [2.75, 3.05) is 39.6 Å². The van der Waals surface area contributed by atoms with Gasteiger partial charge in [-0.1, -0.05) is 0 Å². The van der Waals surface area contributed by atoms with E-state index in [2.05, 4.69) is 16.0 Å². The molecule has 0 aromatic rings. The van der Waals surface area contributed by atoms with Gasteiger partial charge in [0, 0.05) is 20.8 Å². The molecule has 7 aliphatic heterocycles. The zero-order valence-corrected chi connectivity index (χ0v) is 46.5. The second kappa shape index (κ2) is 30.5. The van der Waals surface area contributed by atoms with Crippen LogP contribution in [-0.2, 0) is 76.0 Å². The van der Waals surface area contributed by atoms with Crippen LogP contribution in [0.2, 0.25) is 0 Å². The van der Waals surface area contributed by atoms with Gasteiger partial charge in [0.2, 0.25) is 17.7 Å². The van der Waals surface area contributed by atoms with E-state index in [1.807, 2.05) is 0 Å². The number of aliphatic hydroxyl groups is 19. The van der Waals surface area contributed by atoms with Crippen molar-refractivity contribution in [3.63, 3.8) is 0 Å². The number of rotatable bonds is 21. The fourth-order valence-corrected chi connectivity index (χ4v) is 11.1. The third-order valence-electron chi connectivity index (χ3n) is 15.7. The minimum absolute atomic E-state index is 0.742. The van der Waals surface area contributed by atoms with Gasteiger partial charge in [0.25, 0.3) is 0 Å². The van der Waals surface area contributed by atoms with Crippen molar-refractivity contribution in [2.45, 2.75) is 242 Å². The molecule has 7 saturated heterocycles. The van der Waals surface area contributed by atoms with Crippen molar-refractivity contribution in [1.82, 2.24) is 16.0 Å². The maximum absolute atomic E-state index is 12.9. The average molecular weight is 1260 g/mol. The first-order valence-corrected chi connectivity index (χ1v) is 27.5. The molecular formula is C48H81N3O35. The summed E-state index contributed by atoms with van der Waals surface area (Å²) in [6.45, 7) is -1.84. The lowest BCUT2D eigenvalue weighted by molar-refractivity contribution is -0.405. The van der Waals surface area contributed by atoms with Gasteiger partial charge in [-0.2, -0.15) is 0 Å². The Morgan fingerprint density at radius 1 is 0.302 bits per heavy atom. The van der Waals surface area contributed by atoms with Gasteiger partial charge in [-0.05, 0) is 6.92 Å². The Morgan fingerprint density at radius 3 is 1.10 bits per heavy atom. The van der Waals surface area contributed by atoms with Gasteiger partial charge in [-0.15, -0.1) is 0 Å². The Morgan fingerprint density at radius 2 is 0.628 bits per heavy atom. The highest BCUT2D eigenvalue weighted by atomic mass is 16.8. The Hall–Kier alpha value is -2.87. The number of carbonyl (C=O) groups is 3. The van der Waals surface area contributed by atoms with Gasteiger partial charge in [-0.3, -0.25) is 14.4 Å². The average Bonchev–Trinajstić information content (AvgIpc) is 0.898. The van der Waals surface area contributed by atoms with Gasteiger partial charge in [0.05, 0.1) is 45.7 Å². The molecule has 7 rings (SSSR count). The molecule has 0 unspecified atom stereocenters. The van der Waals surface area contributed by atoms with Gasteiger partial charge < -0.3 is 175 Å². The summed E-state index contributed by atoms with van der Waals surface area (Å²) in [5, 5.41) is 214. The molecule has 0 spiro atoms. The highest BCUT2D eigenvalue weighted by Gasteiger charge is 2.60. The fraction of sp³-hybridized carbons (Fsp3) is 0.938. The van der Waals surface area contributed by atoms with E-state index in [4.69, 9.17) is 61.6 Å². The summed E-state index contributed by atoms with van der Waals surface area (Å²) >= 11 is 0. The van der Waals surface area contributed by atoms with Crippen LogP contribution in [0.1, 0.15) is 27.7 Å². The standard InChI is InChI=1S/C48H81N3O35/c1-11-24(61)31(68)33(70)45(74-11)86-41-40(85-46-34(71)32(69)25(62)15(5-52)76-46)28(65)18(8-55)78-48(41)82-37-20(10-57)80-44(22(30(37)67)50-13(3)59)84-39-27(64)17(7-54)77-47(35(39)72)81-36-19(9-56)79-43(21(29(36)66)49-12(2)58)83-38-23(51-14(4)60)42(73)75-16(6-53)26(38)63/h11,15-48,52-57,61-73H,5-10H2,1-4H3,(H,49,58)(H,50,59)(H,51,60)/t11-,15+,16+,17+,18+,19+,20+,21+,22+,23+,24+,25-,26-,27-,28-,29+,30+,31+,32-,33-,34+,35+,36+,37+,38+,39-,40-,41+,42-,43-,44-,45-,46+,47-,48-/m0/s1. The van der Waals surface area contributed by atoms with Crippen molar-refractivity contribution >= 4 is 17.7 Å². The van der Waals surface area contributed by atoms with Crippen LogP contribution in [0.3, 0.4) is 0 Å². The molecular weight excluding hydrogens is 1180 g/mol. The topological polar surface area (TPSA) is 592 Å². The van der Waals surface area contributed by atoms with Crippen molar-refractivity contribution in [2.24, 2.45) is 0 Å². The molecule has 35 atom stereocenters. The van der Waals surface area contributed by atoms with Gasteiger partial charge in [0.15, 0.2) is 44.0 Å². The lowest BCUT2D eigenvalue weighted by Crippen LogP contribution is -2.71. The summed E-state index contributed by atoms with van der Waals surface area (Å²) < 4.78 is 76.1. The maximum atomic E-state index is 12.9. The molecule has 7 heterocycles. The molecule has 0 aliphatic carbocycles. The van der Waals surface area contributed by atoms with Gasteiger partial charge in [0.1, 0.15) is 165 Å². The molecule has 38 nitrogen and oxygen atoms in total. The normalized spacial score (nSPS) is 49.4. The Kier molecular flexibility index (Phi) is 25.0. The van der Waals surface area contributed by atoms with Crippen LogP contribution < -0.4 is 16.0 Å². The summed E-state index contributed by atoms with van der Waals surface area (Å²) in [6.07, 6.45) is -61.9. The molecule has 0 saturated carbocycles. The van der Waals surface area contributed by atoms with E-state index in [1.165, 1.54) is 6.92 Å². The first kappa shape index (κ1) is 70.6. The zero-order valence-electron chi connectivity index (χ0n) is 46.5. The van der Waals surface area contributed by atoms with Crippen LogP contribution in [0, 0.1) is 0 Å². The van der Waals surface area contributed by atoms with Crippen LogP contribution in [0.4, 0.5) is 0 Å². The third kappa shape index (κ3) is 15.2. The summed E-state index contributed by atoms with van der Waals surface area (Å²) in [7, 11) is 0. The van der Waals surface area contributed by atoms with Crippen molar-refractivity contribution in [3.8, 4) is 0 Å². The van der Waals surface area contributed by atoms with Crippen LogP contribution in [0.5, 0.6) is 0 Å². The molecule has 22 N–H and O–H groups in total. The molecule has 3 amide bonds. The predicted molar refractivity (Wildman–Crippen MR) is 265 cm³/mol. The van der Waals surface area contributed by atoms with Crippen molar-refractivity contribution in [3.05, 3.63) is 0 Å². The number of aliphatic hydroxyl groups excluding tert-OH is 19. The third-order valence-corrected chi connectivity index (χ3v) is 15.7. The molecule has 498 valence electrons. The van der Waals surface area contributed by atoms with Crippen LogP contribution >= 0.6 is 0 Å². The van der Waals surface area contributed by atoms with E-state index in [9.17, 15) is 111 Å². The lowest BCUT2D eigenvalue weighted by Gasteiger charge is -2.51. The summed E-state index contributed by atoms with van der Waals surface area (Å²) in [6, 6.07) is -5.22. The molecule has 0 radical (unpaired) electrons. The number of hydrogen-bond donors (Lipinski definition) is 22. The smallest absolute Gasteiger partial charge is 0.217 e. The number of nitrogens with one attached hydrogen (secondary N) is 3. The first-order valence-electron chi connectivity index (χ1n) is 27.5. The molecule has 38 heteroatoms. The Bertz CT molecular complexity index is 2170. The first-order chi connectivity index (χ1) is 40.6. The molecule has 0 bridgehead atoms. The number of hydrogen-bond acceptors (Lipinski definition) is 35. The number of amides is 3. The highest BCUT2D eigenvalue weighted by molar-refractivity contribution is 5.74.